The lowest BCUT2D eigenvalue weighted by Crippen LogP contribution is -2.51. The first-order chi connectivity index (χ1) is 14.5. The summed E-state index contributed by atoms with van der Waals surface area (Å²) < 4.78 is 24.0. The van der Waals surface area contributed by atoms with Gasteiger partial charge in [-0.1, -0.05) is 55.3 Å². The second kappa shape index (κ2) is 10.7. The Morgan fingerprint density at radius 2 is 1.93 bits per heavy atom. The molecule has 0 saturated carbocycles. The van der Waals surface area contributed by atoms with Gasteiger partial charge in [-0.3, -0.25) is 0 Å². The minimum absolute atomic E-state index is 0.307. The van der Waals surface area contributed by atoms with Gasteiger partial charge in [-0.2, -0.15) is 0 Å². The molecule has 4 atom stereocenters. The molecule has 0 spiro atoms. The zero-order chi connectivity index (χ0) is 21.5. The molecule has 162 valence electrons. The van der Waals surface area contributed by atoms with Crippen molar-refractivity contribution in [2.75, 3.05) is 6.61 Å². The zero-order valence-electron chi connectivity index (χ0n) is 18.3. The highest BCUT2D eigenvalue weighted by Gasteiger charge is 2.38. The molecule has 0 N–H and O–H groups in total. The second-order valence-corrected chi connectivity index (χ2v) is 7.91. The molecule has 0 bridgehead atoms. The van der Waals surface area contributed by atoms with Gasteiger partial charge in [-0.25, -0.2) is 4.79 Å². The predicted octanol–water partition coefficient (Wildman–Crippen LogP) is 4.98. The third-order valence-electron chi connectivity index (χ3n) is 5.37. The Hall–Kier alpha value is -2.21. The standard InChI is InChI=1S/C25H32O5/c1-5-9-23-28-16-22(27-15-21-14-17(2)12-13-18(21)3)24(30-23)19(4)29-25(26)20-10-7-6-8-11-20/h6-8,10-14,19,22-24H,5,9,15-16H2,1-4H3/t19?,22-,23+,24-/m1/s1. The fourth-order valence-corrected chi connectivity index (χ4v) is 3.57. The van der Waals surface area contributed by atoms with Crippen LogP contribution in [-0.4, -0.2) is 37.2 Å². The Morgan fingerprint density at radius 1 is 1.17 bits per heavy atom. The summed E-state index contributed by atoms with van der Waals surface area (Å²) in [6, 6.07) is 15.3. The minimum Gasteiger partial charge on any atom is -0.456 e. The van der Waals surface area contributed by atoms with Gasteiger partial charge in [0.05, 0.1) is 18.8 Å². The molecule has 1 fully saturated rings. The molecule has 3 rings (SSSR count). The van der Waals surface area contributed by atoms with Crippen LogP contribution in [0, 0.1) is 13.8 Å². The third-order valence-corrected chi connectivity index (χ3v) is 5.37. The van der Waals surface area contributed by atoms with E-state index in [2.05, 4.69) is 39.0 Å². The molecule has 1 heterocycles. The fourth-order valence-electron chi connectivity index (χ4n) is 3.57. The SMILES string of the molecule is CCC[C@H]1OC[C@@H](OCc2cc(C)ccc2C)[C@@H](C(C)OC(=O)c2ccccc2)O1. The first kappa shape index (κ1) is 22.5. The van der Waals surface area contributed by atoms with E-state index in [9.17, 15) is 4.79 Å². The van der Waals surface area contributed by atoms with Crippen LogP contribution in [-0.2, 0) is 25.6 Å². The molecule has 1 aliphatic heterocycles. The van der Waals surface area contributed by atoms with Gasteiger partial charge in [0.1, 0.15) is 18.3 Å². The summed E-state index contributed by atoms with van der Waals surface area (Å²) >= 11 is 0. The van der Waals surface area contributed by atoms with Gasteiger partial charge in [0, 0.05) is 0 Å². The molecule has 2 aromatic carbocycles. The highest BCUT2D eigenvalue weighted by Crippen LogP contribution is 2.25. The summed E-state index contributed by atoms with van der Waals surface area (Å²) in [5, 5.41) is 0. The Morgan fingerprint density at radius 3 is 2.67 bits per heavy atom. The van der Waals surface area contributed by atoms with E-state index in [1.54, 1.807) is 12.1 Å². The molecular formula is C25H32O5. The summed E-state index contributed by atoms with van der Waals surface area (Å²) in [6.45, 7) is 8.95. The van der Waals surface area contributed by atoms with Crippen molar-refractivity contribution in [3.05, 3.63) is 70.8 Å². The lowest BCUT2D eigenvalue weighted by Gasteiger charge is -2.39. The number of aryl methyl sites for hydroxylation is 2. The number of hydrogen-bond acceptors (Lipinski definition) is 5. The first-order valence-electron chi connectivity index (χ1n) is 10.7. The van der Waals surface area contributed by atoms with E-state index in [1.807, 2.05) is 25.1 Å². The zero-order valence-corrected chi connectivity index (χ0v) is 18.3. The van der Waals surface area contributed by atoms with Crippen LogP contribution in [0.2, 0.25) is 0 Å². The Balaban J connectivity index is 1.68. The van der Waals surface area contributed by atoms with Gasteiger partial charge in [-0.15, -0.1) is 0 Å². The van der Waals surface area contributed by atoms with Gasteiger partial charge in [0.15, 0.2) is 6.29 Å². The maximum absolute atomic E-state index is 12.5. The van der Waals surface area contributed by atoms with Crippen LogP contribution in [0.1, 0.15) is 53.7 Å². The van der Waals surface area contributed by atoms with E-state index in [0.717, 1.165) is 18.4 Å². The average Bonchev–Trinajstić information content (AvgIpc) is 2.75. The van der Waals surface area contributed by atoms with Crippen LogP contribution in [0.3, 0.4) is 0 Å². The van der Waals surface area contributed by atoms with Crippen molar-refractivity contribution in [2.45, 2.75) is 71.7 Å². The number of ether oxygens (including phenoxy) is 4. The van der Waals surface area contributed by atoms with Gasteiger partial charge in [-0.05, 0) is 50.5 Å². The van der Waals surface area contributed by atoms with Gasteiger partial charge in [0.2, 0.25) is 0 Å². The highest BCUT2D eigenvalue weighted by molar-refractivity contribution is 5.89. The molecule has 0 aliphatic carbocycles. The third kappa shape index (κ3) is 5.91. The molecule has 2 aromatic rings. The molecule has 5 heteroatoms. The van der Waals surface area contributed by atoms with Crippen LogP contribution in [0.5, 0.6) is 0 Å². The van der Waals surface area contributed by atoms with Crippen molar-refractivity contribution in [3.8, 4) is 0 Å². The van der Waals surface area contributed by atoms with E-state index >= 15 is 0 Å². The lowest BCUT2D eigenvalue weighted by atomic mass is 10.1. The number of esters is 1. The monoisotopic (exact) mass is 412 g/mol. The topological polar surface area (TPSA) is 54.0 Å². The summed E-state index contributed by atoms with van der Waals surface area (Å²) in [6.07, 6.45) is 0.246. The van der Waals surface area contributed by atoms with Gasteiger partial charge in [0.25, 0.3) is 0 Å². The Labute approximate surface area is 179 Å². The fraction of sp³-hybridized carbons (Fsp3) is 0.480. The summed E-state index contributed by atoms with van der Waals surface area (Å²) in [5.74, 6) is -0.362. The summed E-state index contributed by atoms with van der Waals surface area (Å²) in [5.41, 5.74) is 4.04. The lowest BCUT2D eigenvalue weighted by molar-refractivity contribution is -0.280. The van der Waals surface area contributed by atoms with Crippen molar-refractivity contribution >= 4 is 5.97 Å². The van der Waals surface area contributed by atoms with Crippen LogP contribution >= 0.6 is 0 Å². The number of carbonyl (C=O) groups is 1. The predicted molar refractivity (Wildman–Crippen MR) is 115 cm³/mol. The molecule has 5 nitrogen and oxygen atoms in total. The van der Waals surface area contributed by atoms with Crippen molar-refractivity contribution in [1.82, 2.24) is 0 Å². The number of benzene rings is 2. The van der Waals surface area contributed by atoms with E-state index in [1.165, 1.54) is 11.1 Å². The van der Waals surface area contributed by atoms with Crippen LogP contribution in [0.25, 0.3) is 0 Å². The van der Waals surface area contributed by atoms with E-state index < -0.39 is 12.2 Å². The van der Waals surface area contributed by atoms with Crippen molar-refractivity contribution in [1.29, 1.82) is 0 Å². The average molecular weight is 413 g/mol. The quantitative estimate of drug-likeness (QED) is 0.573. The van der Waals surface area contributed by atoms with Crippen molar-refractivity contribution in [3.63, 3.8) is 0 Å². The molecule has 1 unspecified atom stereocenters. The molecular weight excluding hydrogens is 380 g/mol. The number of carbonyl (C=O) groups excluding carboxylic acids is 1. The van der Waals surface area contributed by atoms with Crippen LogP contribution in [0.15, 0.2) is 48.5 Å². The smallest absolute Gasteiger partial charge is 0.338 e. The normalized spacial score (nSPS) is 22.5. The van der Waals surface area contributed by atoms with E-state index in [0.29, 0.717) is 18.8 Å². The van der Waals surface area contributed by atoms with Crippen molar-refractivity contribution in [2.24, 2.45) is 0 Å². The molecule has 1 saturated heterocycles. The van der Waals surface area contributed by atoms with Gasteiger partial charge < -0.3 is 18.9 Å². The largest absolute Gasteiger partial charge is 0.456 e. The van der Waals surface area contributed by atoms with E-state index in [4.69, 9.17) is 18.9 Å². The molecule has 0 amide bonds. The van der Waals surface area contributed by atoms with Crippen molar-refractivity contribution < 1.29 is 23.7 Å². The Bertz CT molecular complexity index is 820. The minimum atomic E-state index is -0.468. The summed E-state index contributed by atoms with van der Waals surface area (Å²) in [7, 11) is 0. The number of rotatable bonds is 8. The highest BCUT2D eigenvalue weighted by atomic mass is 16.7. The van der Waals surface area contributed by atoms with Crippen LogP contribution in [0.4, 0.5) is 0 Å². The molecule has 1 aliphatic rings. The maximum atomic E-state index is 12.5. The molecule has 0 radical (unpaired) electrons. The van der Waals surface area contributed by atoms with Gasteiger partial charge >= 0.3 is 5.97 Å². The molecule has 30 heavy (non-hydrogen) atoms. The Kier molecular flexibility index (Phi) is 8.02. The molecule has 0 aromatic heterocycles. The number of hydrogen-bond donors (Lipinski definition) is 0. The summed E-state index contributed by atoms with van der Waals surface area (Å²) in [4.78, 5) is 12.5. The maximum Gasteiger partial charge on any atom is 0.338 e. The second-order valence-electron chi connectivity index (χ2n) is 7.91. The van der Waals surface area contributed by atoms with E-state index in [-0.39, 0.29) is 18.4 Å². The first-order valence-corrected chi connectivity index (χ1v) is 10.7. The van der Waals surface area contributed by atoms with Crippen LogP contribution < -0.4 is 0 Å².